The van der Waals surface area contributed by atoms with Gasteiger partial charge in [0, 0.05) is 18.2 Å². The molecule has 1 N–H and O–H groups in total. The van der Waals surface area contributed by atoms with E-state index in [0.717, 1.165) is 29.7 Å². The predicted octanol–water partition coefficient (Wildman–Crippen LogP) is 3.82. The molecule has 0 bridgehead atoms. The van der Waals surface area contributed by atoms with Crippen molar-refractivity contribution < 1.29 is 19.1 Å². The zero-order valence-corrected chi connectivity index (χ0v) is 17.8. The van der Waals surface area contributed by atoms with Gasteiger partial charge in [0.1, 0.15) is 4.88 Å². The van der Waals surface area contributed by atoms with Gasteiger partial charge in [0.25, 0.3) is 5.91 Å². The molecule has 1 aliphatic carbocycles. The number of aryl methyl sites for hydroxylation is 2. The zero-order valence-electron chi connectivity index (χ0n) is 16.9. The number of amides is 2. The first-order chi connectivity index (χ1) is 14.4. The van der Waals surface area contributed by atoms with Crippen molar-refractivity contribution in [2.45, 2.75) is 33.1 Å². The number of carbonyl (C=O) groups excluding carboxylic acids is 3. The summed E-state index contributed by atoms with van der Waals surface area (Å²) in [5.41, 5.74) is 2.38. The predicted molar refractivity (Wildman–Crippen MR) is 114 cm³/mol. The third-order valence-corrected chi connectivity index (χ3v) is 5.85. The van der Waals surface area contributed by atoms with Crippen LogP contribution < -0.4 is 10.2 Å². The van der Waals surface area contributed by atoms with Crippen LogP contribution in [0.3, 0.4) is 0 Å². The number of nitriles is 1. The van der Waals surface area contributed by atoms with E-state index in [-0.39, 0.29) is 24.8 Å². The van der Waals surface area contributed by atoms with E-state index < -0.39 is 18.5 Å². The highest BCUT2D eigenvalue weighted by molar-refractivity contribution is 7.18. The van der Waals surface area contributed by atoms with Crippen molar-refractivity contribution in [3.63, 3.8) is 0 Å². The third kappa shape index (κ3) is 5.45. The largest absolute Gasteiger partial charge is 0.451 e. The van der Waals surface area contributed by atoms with Gasteiger partial charge in [0.2, 0.25) is 5.91 Å². The maximum absolute atomic E-state index is 12.7. The van der Waals surface area contributed by atoms with Crippen molar-refractivity contribution in [2.24, 2.45) is 5.92 Å². The average molecular weight is 426 g/mol. The second-order valence-electron chi connectivity index (χ2n) is 7.25. The van der Waals surface area contributed by atoms with Crippen LogP contribution in [0.5, 0.6) is 0 Å². The van der Waals surface area contributed by atoms with E-state index in [0.29, 0.717) is 21.1 Å². The van der Waals surface area contributed by atoms with Crippen LogP contribution in [-0.2, 0) is 14.3 Å². The number of nitrogens with one attached hydrogen (secondary N) is 1. The molecule has 1 saturated carbocycles. The number of carbonyl (C=O) groups is 3. The Morgan fingerprint density at radius 1 is 1.23 bits per heavy atom. The highest BCUT2D eigenvalue weighted by Gasteiger charge is 2.30. The number of esters is 1. The van der Waals surface area contributed by atoms with Crippen LogP contribution in [0.4, 0.5) is 10.7 Å². The fourth-order valence-corrected chi connectivity index (χ4v) is 3.84. The molecule has 0 spiro atoms. The Balaban J connectivity index is 1.62. The Labute approximate surface area is 179 Å². The van der Waals surface area contributed by atoms with Gasteiger partial charge in [0.15, 0.2) is 6.61 Å². The molecule has 7 nitrogen and oxygen atoms in total. The topological polar surface area (TPSA) is 99.5 Å². The van der Waals surface area contributed by atoms with Crippen LogP contribution >= 0.6 is 11.3 Å². The standard InChI is InChI=1S/C22H23N3O4S/c1-14-4-8-17(9-5-14)25(11-3-10-23)19(26)13-29-22(28)20-15(2)12-18(30-20)24-21(27)16-6-7-16/h4-5,8-9,12,16H,3,6-7,11,13H2,1-2H3,(H,24,27). The summed E-state index contributed by atoms with van der Waals surface area (Å²) in [6.45, 7) is 3.48. The smallest absolute Gasteiger partial charge is 0.349 e. The Morgan fingerprint density at radius 2 is 1.93 bits per heavy atom. The minimum atomic E-state index is -0.609. The number of nitrogens with zero attached hydrogens (tertiary/aromatic N) is 2. The first kappa shape index (κ1) is 21.5. The van der Waals surface area contributed by atoms with E-state index >= 15 is 0 Å². The first-order valence-electron chi connectivity index (χ1n) is 9.71. The van der Waals surface area contributed by atoms with Crippen LogP contribution in [-0.4, -0.2) is 30.9 Å². The Hall–Kier alpha value is -3.18. The molecule has 2 aromatic rings. The van der Waals surface area contributed by atoms with E-state index in [9.17, 15) is 14.4 Å². The second kappa shape index (κ2) is 9.55. The molecule has 1 aromatic heterocycles. The number of benzene rings is 1. The van der Waals surface area contributed by atoms with E-state index in [1.165, 1.54) is 4.90 Å². The summed E-state index contributed by atoms with van der Waals surface area (Å²) in [6.07, 6.45) is 1.97. The van der Waals surface area contributed by atoms with Gasteiger partial charge in [-0.15, -0.1) is 11.3 Å². The maximum Gasteiger partial charge on any atom is 0.349 e. The van der Waals surface area contributed by atoms with Gasteiger partial charge in [-0.25, -0.2) is 4.79 Å². The summed E-state index contributed by atoms with van der Waals surface area (Å²) in [6, 6.07) is 11.1. The molecule has 1 aliphatic rings. The van der Waals surface area contributed by atoms with Crippen LogP contribution in [0.15, 0.2) is 30.3 Å². The lowest BCUT2D eigenvalue weighted by atomic mass is 10.2. The molecule has 156 valence electrons. The highest BCUT2D eigenvalue weighted by atomic mass is 32.1. The minimum Gasteiger partial charge on any atom is -0.451 e. The lowest BCUT2D eigenvalue weighted by Gasteiger charge is -2.21. The van der Waals surface area contributed by atoms with Crippen LogP contribution in [0, 0.1) is 31.1 Å². The molecule has 1 fully saturated rings. The number of ether oxygens (including phenoxy) is 1. The van der Waals surface area contributed by atoms with Crippen molar-refractivity contribution in [2.75, 3.05) is 23.4 Å². The number of thiophene rings is 1. The molecule has 0 saturated heterocycles. The number of anilines is 2. The zero-order chi connectivity index (χ0) is 21.7. The lowest BCUT2D eigenvalue weighted by Crippen LogP contribution is -2.35. The minimum absolute atomic E-state index is 0.0300. The SMILES string of the molecule is Cc1ccc(N(CCC#N)C(=O)COC(=O)c2sc(NC(=O)C3CC3)cc2C)cc1. The number of hydrogen-bond donors (Lipinski definition) is 1. The summed E-state index contributed by atoms with van der Waals surface area (Å²) < 4.78 is 5.24. The number of rotatable bonds is 8. The van der Waals surface area contributed by atoms with Crippen LogP contribution in [0.1, 0.15) is 40.1 Å². The first-order valence-corrected chi connectivity index (χ1v) is 10.5. The molecule has 1 aromatic carbocycles. The molecule has 0 aliphatic heterocycles. The van der Waals surface area contributed by atoms with E-state index in [2.05, 4.69) is 5.32 Å². The maximum atomic E-state index is 12.7. The monoisotopic (exact) mass is 425 g/mol. The summed E-state index contributed by atoms with van der Waals surface area (Å²) in [5.74, 6) is -0.972. The van der Waals surface area contributed by atoms with Gasteiger partial charge >= 0.3 is 5.97 Å². The van der Waals surface area contributed by atoms with Crippen molar-refractivity contribution in [3.8, 4) is 6.07 Å². The fourth-order valence-electron chi connectivity index (χ4n) is 2.87. The Bertz CT molecular complexity index is 987. The quantitative estimate of drug-likeness (QED) is 0.648. The lowest BCUT2D eigenvalue weighted by molar-refractivity contribution is -0.121. The van der Waals surface area contributed by atoms with E-state index in [1.807, 2.05) is 25.1 Å². The van der Waals surface area contributed by atoms with E-state index in [4.69, 9.17) is 10.00 Å². The fraction of sp³-hybridized carbons (Fsp3) is 0.364. The number of hydrogen-bond acceptors (Lipinski definition) is 6. The van der Waals surface area contributed by atoms with Crippen LogP contribution in [0.25, 0.3) is 0 Å². The third-order valence-electron chi connectivity index (χ3n) is 4.72. The van der Waals surface area contributed by atoms with Crippen molar-refractivity contribution in [3.05, 3.63) is 46.3 Å². The Kier molecular flexibility index (Phi) is 6.85. The molecule has 0 radical (unpaired) electrons. The van der Waals surface area contributed by atoms with E-state index in [1.54, 1.807) is 25.1 Å². The molecule has 1 heterocycles. The summed E-state index contributed by atoms with van der Waals surface area (Å²) in [7, 11) is 0. The highest BCUT2D eigenvalue weighted by Crippen LogP contribution is 2.33. The molecule has 0 atom stereocenters. The average Bonchev–Trinajstić information content (AvgIpc) is 3.51. The molecular formula is C22H23N3O4S. The molecule has 30 heavy (non-hydrogen) atoms. The van der Waals surface area contributed by atoms with Crippen molar-refractivity contribution >= 4 is 39.8 Å². The van der Waals surface area contributed by atoms with Gasteiger partial charge in [0.05, 0.1) is 17.5 Å². The molecule has 2 amide bonds. The van der Waals surface area contributed by atoms with Gasteiger partial charge in [-0.1, -0.05) is 17.7 Å². The van der Waals surface area contributed by atoms with Gasteiger partial charge < -0.3 is 15.0 Å². The van der Waals surface area contributed by atoms with Crippen molar-refractivity contribution in [1.29, 1.82) is 5.26 Å². The summed E-state index contributed by atoms with van der Waals surface area (Å²) in [4.78, 5) is 38.9. The second-order valence-corrected chi connectivity index (χ2v) is 8.30. The van der Waals surface area contributed by atoms with Crippen molar-refractivity contribution in [1.82, 2.24) is 0 Å². The van der Waals surface area contributed by atoms with Gasteiger partial charge in [-0.2, -0.15) is 5.26 Å². The molecule has 0 unspecified atom stereocenters. The van der Waals surface area contributed by atoms with Gasteiger partial charge in [-0.3, -0.25) is 9.59 Å². The summed E-state index contributed by atoms with van der Waals surface area (Å²) in [5, 5.41) is 12.3. The Morgan fingerprint density at radius 3 is 2.57 bits per heavy atom. The molecule has 3 rings (SSSR count). The van der Waals surface area contributed by atoms with Crippen LogP contribution in [0.2, 0.25) is 0 Å². The molecule has 8 heteroatoms. The molecular weight excluding hydrogens is 402 g/mol. The van der Waals surface area contributed by atoms with Gasteiger partial charge in [-0.05, 0) is 50.5 Å². The normalized spacial score (nSPS) is 12.7. The summed E-state index contributed by atoms with van der Waals surface area (Å²) >= 11 is 1.14.